The van der Waals surface area contributed by atoms with Gasteiger partial charge >= 0.3 is 6.09 Å². The van der Waals surface area contributed by atoms with E-state index in [1.165, 1.54) is 0 Å². The second kappa shape index (κ2) is 5.86. The summed E-state index contributed by atoms with van der Waals surface area (Å²) in [5.74, 6) is 0.486. The quantitative estimate of drug-likeness (QED) is 0.692. The van der Waals surface area contributed by atoms with Gasteiger partial charge in [0.15, 0.2) is 0 Å². The first-order chi connectivity index (χ1) is 6.77. The van der Waals surface area contributed by atoms with Crippen molar-refractivity contribution in [3.63, 3.8) is 0 Å². The van der Waals surface area contributed by atoms with Crippen LogP contribution in [0.25, 0.3) is 0 Å². The average molecular weight is 201 g/mol. The Morgan fingerprint density at radius 2 is 2.21 bits per heavy atom. The molecule has 1 saturated heterocycles. The maximum absolute atomic E-state index is 11.3. The largest absolute Gasteiger partial charge is 0.450 e. The summed E-state index contributed by atoms with van der Waals surface area (Å²) in [4.78, 5) is 13.1. The van der Waals surface area contributed by atoms with Gasteiger partial charge < -0.3 is 14.4 Å². The summed E-state index contributed by atoms with van der Waals surface area (Å²) in [7, 11) is 0. The topological polar surface area (TPSA) is 38.8 Å². The normalized spacial score (nSPS) is 21.3. The molecule has 1 rings (SSSR count). The van der Waals surface area contributed by atoms with Crippen molar-refractivity contribution in [2.24, 2.45) is 5.92 Å². The van der Waals surface area contributed by atoms with Gasteiger partial charge in [-0.2, -0.15) is 0 Å². The van der Waals surface area contributed by atoms with Gasteiger partial charge in [-0.3, -0.25) is 0 Å². The Morgan fingerprint density at radius 1 is 1.43 bits per heavy atom. The Bertz CT molecular complexity index is 184. The molecular weight excluding hydrogens is 182 g/mol. The van der Waals surface area contributed by atoms with Crippen LogP contribution in [0.1, 0.15) is 20.3 Å². The highest BCUT2D eigenvalue weighted by Crippen LogP contribution is 2.17. The lowest BCUT2D eigenvalue weighted by molar-refractivity contribution is 0.0997. The lowest BCUT2D eigenvalue weighted by Crippen LogP contribution is -2.29. The molecule has 0 saturated carbocycles. The van der Waals surface area contributed by atoms with Gasteiger partial charge in [-0.1, -0.05) is 0 Å². The van der Waals surface area contributed by atoms with E-state index >= 15 is 0 Å². The Hall–Kier alpha value is -0.770. The zero-order valence-corrected chi connectivity index (χ0v) is 8.99. The summed E-state index contributed by atoms with van der Waals surface area (Å²) in [5, 5.41) is 0. The molecule has 1 aliphatic heterocycles. The van der Waals surface area contributed by atoms with Crippen LogP contribution in [0.4, 0.5) is 4.79 Å². The van der Waals surface area contributed by atoms with E-state index in [0.717, 1.165) is 32.7 Å². The SMILES string of the molecule is CCOCC1CCN(C(=O)OCC)C1. The summed E-state index contributed by atoms with van der Waals surface area (Å²) >= 11 is 0. The third-order valence-corrected chi connectivity index (χ3v) is 2.37. The summed E-state index contributed by atoms with van der Waals surface area (Å²) < 4.78 is 10.3. The van der Waals surface area contributed by atoms with Crippen LogP contribution in [0, 0.1) is 5.92 Å². The van der Waals surface area contributed by atoms with Crippen LogP contribution < -0.4 is 0 Å². The highest BCUT2D eigenvalue weighted by Gasteiger charge is 2.26. The first-order valence-electron chi connectivity index (χ1n) is 5.27. The van der Waals surface area contributed by atoms with Gasteiger partial charge in [0.1, 0.15) is 0 Å². The van der Waals surface area contributed by atoms with E-state index in [2.05, 4.69) is 0 Å². The van der Waals surface area contributed by atoms with Crippen molar-refractivity contribution in [3.8, 4) is 0 Å². The highest BCUT2D eigenvalue weighted by atomic mass is 16.6. The molecule has 0 aliphatic carbocycles. The molecule has 4 nitrogen and oxygen atoms in total. The monoisotopic (exact) mass is 201 g/mol. The van der Waals surface area contributed by atoms with Gasteiger partial charge in [0.05, 0.1) is 13.2 Å². The predicted octanol–water partition coefficient (Wildman–Crippen LogP) is 1.50. The number of carbonyl (C=O) groups is 1. The first-order valence-corrected chi connectivity index (χ1v) is 5.27. The zero-order valence-electron chi connectivity index (χ0n) is 8.99. The van der Waals surface area contributed by atoms with Crippen LogP contribution in [0.2, 0.25) is 0 Å². The van der Waals surface area contributed by atoms with Gasteiger partial charge in [-0.15, -0.1) is 0 Å². The molecule has 4 heteroatoms. The Labute approximate surface area is 85.2 Å². The molecular formula is C10H19NO3. The summed E-state index contributed by atoms with van der Waals surface area (Å²) in [6.07, 6.45) is 0.838. The number of carbonyl (C=O) groups excluding carboxylic acids is 1. The van der Waals surface area contributed by atoms with E-state index in [0.29, 0.717) is 12.5 Å². The molecule has 82 valence electrons. The number of ether oxygens (including phenoxy) is 2. The minimum absolute atomic E-state index is 0.188. The van der Waals surface area contributed by atoms with E-state index in [-0.39, 0.29) is 6.09 Å². The summed E-state index contributed by atoms with van der Waals surface area (Å²) in [6.45, 7) is 7.34. The van der Waals surface area contributed by atoms with E-state index in [4.69, 9.17) is 9.47 Å². The number of hydrogen-bond donors (Lipinski definition) is 0. The summed E-state index contributed by atoms with van der Waals surface area (Å²) in [5.41, 5.74) is 0. The van der Waals surface area contributed by atoms with Crippen molar-refractivity contribution in [2.75, 3.05) is 32.9 Å². The summed E-state index contributed by atoms with van der Waals surface area (Å²) in [6, 6.07) is 0. The standard InChI is InChI=1S/C10H19NO3/c1-3-13-8-9-5-6-11(7-9)10(12)14-4-2/h9H,3-8H2,1-2H3. The molecule has 1 aliphatic rings. The van der Waals surface area contributed by atoms with Gasteiger partial charge in [0, 0.05) is 25.6 Å². The average Bonchev–Trinajstić information content (AvgIpc) is 2.63. The van der Waals surface area contributed by atoms with E-state index in [9.17, 15) is 4.79 Å². The van der Waals surface area contributed by atoms with Crippen LogP contribution in [-0.4, -0.2) is 43.9 Å². The number of likely N-dealkylation sites (tertiary alicyclic amines) is 1. The second-order valence-electron chi connectivity index (χ2n) is 3.46. The van der Waals surface area contributed by atoms with Crippen LogP contribution in [0.15, 0.2) is 0 Å². The van der Waals surface area contributed by atoms with Gasteiger partial charge in [0.25, 0.3) is 0 Å². The minimum Gasteiger partial charge on any atom is -0.450 e. The minimum atomic E-state index is -0.188. The molecule has 1 amide bonds. The third-order valence-electron chi connectivity index (χ3n) is 2.37. The van der Waals surface area contributed by atoms with Crippen molar-refractivity contribution >= 4 is 6.09 Å². The van der Waals surface area contributed by atoms with Crippen LogP contribution in [0.3, 0.4) is 0 Å². The lowest BCUT2D eigenvalue weighted by atomic mass is 10.1. The molecule has 1 atom stereocenters. The predicted molar refractivity (Wildman–Crippen MR) is 53.2 cm³/mol. The van der Waals surface area contributed by atoms with Crippen LogP contribution in [0.5, 0.6) is 0 Å². The molecule has 1 heterocycles. The number of nitrogens with zero attached hydrogens (tertiary/aromatic N) is 1. The van der Waals surface area contributed by atoms with Gasteiger partial charge in [-0.25, -0.2) is 4.79 Å². The molecule has 1 unspecified atom stereocenters. The van der Waals surface area contributed by atoms with Crippen LogP contribution >= 0.6 is 0 Å². The fourth-order valence-corrected chi connectivity index (χ4v) is 1.63. The Kier molecular flexibility index (Phi) is 4.73. The van der Waals surface area contributed by atoms with Crippen molar-refractivity contribution in [1.29, 1.82) is 0 Å². The maximum Gasteiger partial charge on any atom is 0.409 e. The fraction of sp³-hybridized carbons (Fsp3) is 0.900. The van der Waals surface area contributed by atoms with Crippen molar-refractivity contribution < 1.29 is 14.3 Å². The maximum atomic E-state index is 11.3. The van der Waals surface area contributed by atoms with Crippen molar-refractivity contribution in [3.05, 3.63) is 0 Å². The smallest absolute Gasteiger partial charge is 0.409 e. The van der Waals surface area contributed by atoms with Crippen LogP contribution in [-0.2, 0) is 9.47 Å². The Balaban J connectivity index is 2.22. The fourth-order valence-electron chi connectivity index (χ4n) is 1.63. The number of hydrogen-bond acceptors (Lipinski definition) is 3. The molecule has 0 bridgehead atoms. The highest BCUT2D eigenvalue weighted by molar-refractivity contribution is 5.67. The first kappa shape index (κ1) is 11.3. The molecule has 0 spiro atoms. The molecule has 0 aromatic heterocycles. The molecule has 14 heavy (non-hydrogen) atoms. The van der Waals surface area contributed by atoms with E-state index in [1.807, 2.05) is 13.8 Å². The Morgan fingerprint density at radius 3 is 2.86 bits per heavy atom. The van der Waals surface area contributed by atoms with E-state index in [1.54, 1.807) is 4.90 Å². The lowest BCUT2D eigenvalue weighted by Gasteiger charge is -2.15. The molecule has 0 radical (unpaired) electrons. The van der Waals surface area contributed by atoms with Gasteiger partial charge in [0.2, 0.25) is 0 Å². The molecule has 1 fully saturated rings. The third kappa shape index (κ3) is 3.18. The van der Waals surface area contributed by atoms with Crippen molar-refractivity contribution in [1.82, 2.24) is 4.90 Å². The molecule has 0 aromatic rings. The zero-order chi connectivity index (χ0) is 10.4. The number of amides is 1. The second-order valence-corrected chi connectivity index (χ2v) is 3.46. The van der Waals surface area contributed by atoms with E-state index < -0.39 is 0 Å². The molecule has 0 N–H and O–H groups in total. The van der Waals surface area contributed by atoms with Crippen molar-refractivity contribution in [2.45, 2.75) is 20.3 Å². The number of rotatable bonds is 4. The molecule has 0 aromatic carbocycles. The van der Waals surface area contributed by atoms with Gasteiger partial charge in [-0.05, 0) is 20.3 Å².